The van der Waals surface area contributed by atoms with Gasteiger partial charge in [-0.15, -0.1) is 0 Å². The largest absolute Gasteiger partial charge is 0.497 e. The summed E-state index contributed by atoms with van der Waals surface area (Å²) < 4.78 is 9.75. The smallest absolute Gasteiger partial charge is 0.340 e. The number of hydrogen-bond donors (Lipinski definition) is 3. The Morgan fingerprint density at radius 2 is 1.88 bits per heavy atom. The van der Waals surface area contributed by atoms with E-state index in [4.69, 9.17) is 14.6 Å². The van der Waals surface area contributed by atoms with E-state index in [1.807, 2.05) is 0 Å². The molecule has 0 saturated carbocycles. The van der Waals surface area contributed by atoms with Crippen molar-refractivity contribution in [1.82, 2.24) is 5.32 Å². The third kappa shape index (κ3) is 5.79. The highest BCUT2D eigenvalue weighted by molar-refractivity contribution is 6.01. The average molecular weight is 338 g/mol. The molecular formula is C16H22N2O6. The van der Waals surface area contributed by atoms with Crippen molar-refractivity contribution in [3.63, 3.8) is 0 Å². The second-order valence-electron chi connectivity index (χ2n) is 5.76. The third-order valence-electron chi connectivity index (χ3n) is 3.30. The van der Waals surface area contributed by atoms with E-state index < -0.39 is 23.5 Å². The summed E-state index contributed by atoms with van der Waals surface area (Å²) in [5.74, 6) is -1.11. The summed E-state index contributed by atoms with van der Waals surface area (Å²) in [6.07, 6.45) is 0.200. The topological polar surface area (TPSA) is 114 Å². The number of esters is 1. The molecule has 0 radical (unpaired) electrons. The molecule has 3 N–H and O–H groups in total. The summed E-state index contributed by atoms with van der Waals surface area (Å²) in [4.78, 5) is 34.6. The van der Waals surface area contributed by atoms with Gasteiger partial charge in [-0.2, -0.15) is 0 Å². The minimum absolute atomic E-state index is 0.0662. The fourth-order valence-corrected chi connectivity index (χ4v) is 1.98. The number of anilines is 1. The van der Waals surface area contributed by atoms with Crippen LogP contribution < -0.4 is 15.4 Å². The zero-order valence-electron chi connectivity index (χ0n) is 14.1. The molecule has 8 heteroatoms. The van der Waals surface area contributed by atoms with E-state index in [9.17, 15) is 14.4 Å². The molecular weight excluding hydrogens is 316 g/mol. The Kier molecular flexibility index (Phi) is 6.58. The first-order valence-electron chi connectivity index (χ1n) is 7.26. The van der Waals surface area contributed by atoms with Crippen LogP contribution in [0.5, 0.6) is 5.75 Å². The van der Waals surface area contributed by atoms with Crippen molar-refractivity contribution >= 4 is 23.7 Å². The molecule has 132 valence electrons. The molecule has 0 saturated heterocycles. The highest BCUT2D eigenvalue weighted by atomic mass is 16.5. The molecule has 8 nitrogen and oxygen atoms in total. The van der Waals surface area contributed by atoms with Gasteiger partial charge in [0.15, 0.2) is 0 Å². The van der Waals surface area contributed by atoms with E-state index in [0.717, 1.165) is 0 Å². The fraction of sp³-hybridized carbons (Fsp3) is 0.438. The maximum absolute atomic E-state index is 12.1. The lowest BCUT2D eigenvalue weighted by Crippen LogP contribution is -2.46. The number of hydrogen-bond acceptors (Lipinski definition) is 5. The molecule has 0 aromatic heterocycles. The van der Waals surface area contributed by atoms with E-state index in [1.54, 1.807) is 19.9 Å². The van der Waals surface area contributed by atoms with Gasteiger partial charge in [-0.05, 0) is 38.5 Å². The number of methoxy groups -OCH3 is 2. The second-order valence-corrected chi connectivity index (χ2v) is 5.76. The SMILES string of the molecule is COC(=O)c1cc(OC)ccc1NC(=O)NC(C)(C)CCC(=O)O. The number of carboxylic acids is 1. The van der Waals surface area contributed by atoms with Crippen LogP contribution in [0.1, 0.15) is 37.0 Å². The summed E-state index contributed by atoms with van der Waals surface area (Å²) in [6.45, 7) is 3.43. The van der Waals surface area contributed by atoms with Gasteiger partial charge in [-0.1, -0.05) is 0 Å². The van der Waals surface area contributed by atoms with Gasteiger partial charge in [0.25, 0.3) is 0 Å². The molecule has 1 aromatic rings. The molecule has 0 unspecified atom stereocenters. The number of nitrogens with one attached hydrogen (secondary N) is 2. The van der Waals surface area contributed by atoms with E-state index in [2.05, 4.69) is 10.6 Å². The minimum atomic E-state index is -0.937. The molecule has 0 heterocycles. The first-order valence-corrected chi connectivity index (χ1v) is 7.26. The van der Waals surface area contributed by atoms with Crippen molar-refractivity contribution in [2.75, 3.05) is 19.5 Å². The Bertz CT molecular complexity index is 627. The molecule has 0 spiro atoms. The van der Waals surface area contributed by atoms with Crippen LogP contribution >= 0.6 is 0 Å². The van der Waals surface area contributed by atoms with Crippen molar-refractivity contribution < 1.29 is 29.0 Å². The number of amides is 2. The summed E-state index contributed by atoms with van der Waals surface area (Å²) >= 11 is 0. The maximum atomic E-state index is 12.1. The van der Waals surface area contributed by atoms with Gasteiger partial charge in [0.2, 0.25) is 0 Å². The highest BCUT2D eigenvalue weighted by Gasteiger charge is 2.23. The molecule has 0 atom stereocenters. The number of ether oxygens (including phenoxy) is 2. The van der Waals surface area contributed by atoms with Gasteiger partial charge < -0.3 is 25.2 Å². The normalized spacial score (nSPS) is 10.7. The average Bonchev–Trinajstić information content (AvgIpc) is 2.52. The van der Waals surface area contributed by atoms with E-state index in [1.165, 1.54) is 26.4 Å². The molecule has 1 aromatic carbocycles. The molecule has 0 bridgehead atoms. The molecule has 0 aliphatic carbocycles. The fourth-order valence-electron chi connectivity index (χ4n) is 1.98. The van der Waals surface area contributed by atoms with Gasteiger partial charge >= 0.3 is 18.0 Å². The zero-order valence-corrected chi connectivity index (χ0v) is 14.1. The predicted octanol–water partition coefficient (Wildman–Crippen LogP) is 2.25. The molecule has 24 heavy (non-hydrogen) atoms. The number of carbonyl (C=O) groups excluding carboxylic acids is 2. The number of urea groups is 1. The lowest BCUT2D eigenvalue weighted by atomic mass is 9.99. The molecule has 2 amide bonds. The van der Waals surface area contributed by atoms with Crippen LogP contribution in [0.3, 0.4) is 0 Å². The number of aliphatic carboxylic acids is 1. The Morgan fingerprint density at radius 1 is 1.21 bits per heavy atom. The Labute approximate surface area is 140 Å². The summed E-state index contributed by atoms with van der Waals surface area (Å²) in [7, 11) is 2.70. The van der Waals surface area contributed by atoms with Crippen LogP contribution in [-0.4, -0.2) is 42.8 Å². The van der Waals surface area contributed by atoms with Crippen LogP contribution in [-0.2, 0) is 9.53 Å². The van der Waals surface area contributed by atoms with Gasteiger partial charge in [0.05, 0.1) is 25.5 Å². The van der Waals surface area contributed by atoms with E-state index in [-0.39, 0.29) is 24.1 Å². The van der Waals surface area contributed by atoms with Gasteiger partial charge in [0.1, 0.15) is 5.75 Å². The quantitative estimate of drug-likeness (QED) is 0.657. The summed E-state index contributed by atoms with van der Waals surface area (Å²) in [6, 6.07) is 4.02. The van der Waals surface area contributed by atoms with E-state index in [0.29, 0.717) is 5.75 Å². The van der Waals surface area contributed by atoms with Crippen LogP contribution in [0.15, 0.2) is 18.2 Å². The van der Waals surface area contributed by atoms with E-state index >= 15 is 0 Å². The van der Waals surface area contributed by atoms with Crippen molar-refractivity contribution in [1.29, 1.82) is 0 Å². The van der Waals surface area contributed by atoms with Crippen molar-refractivity contribution in [3.05, 3.63) is 23.8 Å². The highest BCUT2D eigenvalue weighted by Crippen LogP contribution is 2.23. The molecule has 0 fully saturated rings. The Hall–Kier alpha value is -2.77. The van der Waals surface area contributed by atoms with Crippen molar-refractivity contribution in [2.24, 2.45) is 0 Å². The number of carbonyl (C=O) groups is 3. The lowest BCUT2D eigenvalue weighted by molar-refractivity contribution is -0.137. The molecule has 1 rings (SSSR count). The monoisotopic (exact) mass is 338 g/mol. The number of carboxylic acid groups (broad SMARTS) is 1. The Balaban J connectivity index is 2.86. The van der Waals surface area contributed by atoms with Crippen molar-refractivity contribution in [3.8, 4) is 5.75 Å². The second kappa shape index (κ2) is 8.19. The number of benzene rings is 1. The van der Waals surface area contributed by atoms with Crippen LogP contribution in [0.2, 0.25) is 0 Å². The first-order chi connectivity index (χ1) is 11.2. The zero-order chi connectivity index (χ0) is 18.3. The molecule has 0 aliphatic heterocycles. The van der Waals surface area contributed by atoms with Crippen LogP contribution in [0.25, 0.3) is 0 Å². The predicted molar refractivity (Wildman–Crippen MR) is 87.4 cm³/mol. The maximum Gasteiger partial charge on any atom is 0.340 e. The summed E-state index contributed by atoms with van der Waals surface area (Å²) in [5.41, 5.74) is -0.315. The van der Waals surface area contributed by atoms with Crippen molar-refractivity contribution in [2.45, 2.75) is 32.2 Å². The number of rotatable bonds is 7. The van der Waals surface area contributed by atoms with Gasteiger partial charge in [-0.25, -0.2) is 9.59 Å². The van der Waals surface area contributed by atoms with Gasteiger partial charge in [-0.3, -0.25) is 4.79 Å². The van der Waals surface area contributed by atoms with Crippen LogP contribution in [0, 0.1) is 0 Å². The standard InChI is InChI=1S/C16H22N2O6/c1-16(2,8-7-13(19)20)18-15(22)17-12-6-5-10(23-3)9-11(12)14(21)24-4/h5-6,9H,7-8H2,1-4H3,(H,19,20)(H2,17,18,22). The molecule has 0 aliphatic rings. The lowest BCUT2D eigenvalue weighted by Gasteiger charge is -2.26. The van der Waals surface area contributed by atoms with Gasteiger partial charge in [0, 0.05) is 12.0 Å². The minimum Gasteiger partial charge on any atom is -0.497 e. The van der Waals surface area contributed by atoms with Crippen LogP contribution in [0.4, 0.5) is 10.5 Å². The summed E-state index contributed by atoms with van der Waals surface area (Å²) in [5, 5.41) is 14.0. The third-order valence-corrected chi connectivity index (χ3v) is 3.30. The first kappa shape index (κ1) is 19.3. The Morgan fingerprint density at radius 3 is 2.42 bits per heavy atom.